The van der Waals surface area contributed by atoms with Crippen LogP contribution < -0.4 is 10.6 Å². The number of aliphatic carboxylic acids is 1. The molecule has 1 aliphatic rings. The molecule has 21 heavy (non-hydrogen) atoms. The maximum atomic E-state index is 11.7. The smallest absolute Gasteiger partial charge is 0.310 e. The maximum Gasteiger partial charge on any atom is 0.310 e. The number of nitrogens with one attached hydrogen (secondary N) is 2. The van der Waals surface area contributed by atoms with E-state index in [4.69, 9.17) is 5.11 Å². The molecule has 0 heterocycles. The number of rotatable bonds is 7. The Morgan fingerprint density at radius 3 is 2.24 bits per heavy atom. The Hall–Kier alpha value is -1.59. The minimum Gasteiger partial charge on any atom is -0.481 e. The Morgan fingerprint density at radius 1 is 1.05 bits per heavy atom. The van der Waals surface area contributed by atoms with E-state index in [-0.39, 0.29) is 24.9 Å². The van der Waals surface area contributed by atoms with Crippen molar-refractivity contribution in [3.8, 4) is 0 Å². The van der Waals surface area contributed by atoms with E-state index in [9.17, 15) is 14.4 Å². The van der Waals surface area contributed by atoms with Gasteiger partial charge in [-0.25, -0.2) is 0 Å². The van der Waals surface area contributed by atoms with Gasteiger partial charge in [-0.2, -0.15) is 0 Å². The number of carboxylic acid groups (broad SMARTS) is 1. The summed E-state index contributed by atoms with van der Waals surface area (Å²) in [6, 6.07) is 0. The summed E-state index contributed by atoms with van der Waals surface area (Å²) in [5.41, 5.74) is -1.01. The molecule has 2 amide bonds. The fraction of sp³-hybridized carbons (Fsp3) is 0.800. The fourth-order valence-electron chi connectivity index (χ4n) is 2.36. The first-order chi connectivity index (χ1) is 9.81. The van der Waals surface area contributed by atoms with E-state index in [1.807, 2.05) is 0 Å². The lowest BCUT2D eigenvalue weighted by Crippen LogP contribution is -2.43. The lowest BCUT2D eigenvalue weighted by molar-refractivity contribution is -0.146. The van der Waals surface area contributed by atoms with Crippen LogP contribution in [0, 0.1) is 11.3 Å². The fourth-order valence-corrected chi connectivity index (χ4v) is 2.36. The molecule has 1 rings (SSSR count). The molecular weight excluding hydrogens is 272 g/mol. The number of carboxylic acids is 1. The summed E-state index contributed by atoms with van der Waals surface area (Å²) in [5, 5.41) is 14.1. The van der Waals surface area contributed by atoms with Crippen molar-refractivity contribution >= 4 is 17.8 Å². The third-order valence-electron chi connectivity index (χ3n) is 3.95. The molecule has 1 aliphatic carbocycles. The van der Waals surface area contributed by atoms with Crippen LogP contribution in [0.1, 0.15) is 52.4 Å². The predicted molar refractivity (Wildman–Crippen MR) is 78.6 cm³/mol. The Balaban J connectivity index is 2.20. The molecule has 0 unspecified atom stereocenters. The van der Waals surface area contributed by atoms with Crippen molar-refractivity contribution in [1.29, 1.82) is 0 Å². The van der Waals surface area contributed by atoms with E-state index >= 15 is 0 Å². The molecule has 0 aliphatic heterocycles. The van der Waals surface area contributed by atoms with Crippen LogP contribution in [0.4, 0.5) is 0 Å². The molecule has 0 radical (unpaired) electrons. The average molecular weight is 298 g/mol. The van der Waals surface area contributed by atoms with Gasteiger partial charge in [-0.3, -0.25) is 14.4 Å². The molecule has 6 heteroatoms. The van der Waals surface area contributed by atoms with Crippen LogP contribution in [0.3, 0.4) is 0 Å². The van der Waals surface area contributed by atoms with Crippen molar-refractivity contribution in [2.75, 3.05) is 13.1 Å². The molecule has 0 aromatic rings. The molecule has 120 valence electrons. The summed E-state index contributed by atoms with van der Waals surface area (Å²) < 4.78 is 0. The highest BCUT2D eigenvalue weighted by atomic mass is 16.4. The zero-order chi connectivity index (χ0) is 15.9. The first-order valence-corrected chi connectivity index (χ1v) is 7.58. The number of hydrogen-bond acceptors (Lipinski definition) is 3. The van der Waals surface area contributed by atoms with Crippen LogP contribution >= 0.6 is 0 Å². The van der Waals surface area contributed by atoms with Crippen molar-refractivity contribution in [2.45, 2.75) is 52.4 Å². The zero-order valence-electron chi connectivity index (χ0n) is 12.9. The van der Waals surface area contributed by atoms with Crippen LogP contribution in [0.5, 0.6) is 0 Å². The number of hydrogen-bond donors (Lipinski definition) is 3. The second-order valence-corrected chi connectivity index (χ2v) is 6.45. The van der Waals surface area contributed by atoms with E-state index in [1.54, 1.807) is 0 Å². The van der Waals surface area contributed by atoms with E-state index < -0.39 is 11.4 Å². The minimum absolute atomic E-state index is 0.0413. The predicted octanol–water partition coefficient (Wildman–Crippen LogP) is 1.30. The minimum atomic E-state index is -1.01. The van der Waals surface area contributed by atoms with Crippen molar-refractivity contribution in [2.24, 2.45) is 11.3 Å². The summed E-state index contributed by atoms with van der Waals surface area (Å²) in [4.78, 5) is 34.2. The Kier molecular flexibility index (Phi) is 6.65. The molecule has 0 saturated heterocycles. The van der Waals surface area contributed by atoms with Crippen molar-refractivity contribution in [3.05, 3.63) is 0 Å². The van der Waals surface area contributed by atoms with Gasteiger partial charge in [0.1, 0.15) is 0 Å². The van der Waals surface area contributed by atoms with Gasteiger partial charge in [0.15, 0.2) is 0 Å². The second kappa shape index (κ2) is 8.00. The van der Waals surface area contributed by atoms with E-state index in [0.717, 1.165) is 12.8 Å². The van der Waals surface area contributed by atoms with Gasteiger partial charge < -0.3 is 15.7 Å². The first-order valence-electron chi connectivity index (χ1n) is 7.58. The lowest BCUT2D eigenvalue weighted by atomic mass is 9.87. The van der Waals surface area contributed by atoms with E-state index in [2.05, 4.69) is 10.6 Å². The average Bonchev–Trinajstić information content (AvgIpc) is 2.44. The van der Waals surface area contributed by atoms with Gasteiger partial charge in [-0.05, 0) is 32.6 Å². The summed E-state index contributed by atoms with van der Waals surface area (Å²) in [6.07, 6.45) is 6.28. The third-order valence-corrected chi connectivity index (χ3v) is 3.95. The Morgan fingerprint density at radius 2 is 1.67 bits per heavy atom. The van der Waals surface area contributed by atoms with Crippen LogP contribution in [-0.2, 0) is 14.4 Å². The molecular formula is C15H26N2O4. The highest BCUT2D eigenvalue weighted by Crippen LogP contribution is 2.25. The SMILES string of the molecule is CC(C)(CNC(=O)CNC(=O)CC1CCCCC1)C(=O)O. The monoisotopic (exact) mass is 298 g/mol. The Bertz CT molecular complexity index is 387. The highest BCUT2D eigenvalue weighted by molar-refractivity contribution is 5.85. The highest BCUT2D eigenvalue weighted by Gasteiger charge is 2.27. The van der Waals surface area contributed by atoms with Gasteiger partial charge in [0, 0.05) is 13.0 Å². The van der Waals surface area contributed by atoms with Gasteiger partial charge in [-0.15, -0.1) is 0 Å². The van der Waals surface area contributed by atoms with Crippen molar-refractivity contribution in [1.82, 2.24) is 10.6 Å². The molecule has 0 aromatic carbocycles. The number of carbonyl (C=O) groups is 3. The second-order valence-electron chi connectivity index (χ2n) is 6.45. The lowest BCUT2D eigenvalue weighted by Gasteiger charge is -2.21. The van der Waals surface area contributed by atoms with Crippen LogP contribution in [0.15, 0.2) is 0 Å². The summed E-state index contributed by atoms with van der Waals surface area (Å²) in [5.74, 6) is -0.993. The first kappa shape index (κ1) is 17.5. The van der Waals surface area contributed by atoms with Gasteiger partial charge in [0.25, 0.3) is 0 Å². The van der Waals surface area contributed by atoms with Crippen molar-refractivity contribution < 1.29 is 19.5 Å². The number of amides is 2. The normalized spacial score (nSPS) is 16.3. The molecule has 0 bridgehead atoms. The quantitative estimate of drug-likeness (QED) is 0.660. The van der Waals surface area contributed by atoms with Gasteiger partial charge in [0.05, 0.1) is 12.0 Å². The zero-order valence-corrected chi connectivity index (χ0v) is 12.9. The maximum absolute atomic E-state index is 11.7. The number of carbonyl (C=O) groups excluding carboxylic acids is 2. The van der Waals surface area contributed by atoms with E-state index in [0.29, 0.717) is 12.3 Å². The third kappa shape index (κ3) is 6.60. The van der Waals surface area contributed by atoms with E-state index in [1.165, 1.54) is 33.1 Å². The molecule has 1 saturated carbocycles. The largest absolute Gasteiger partial charge is 0.481 e. The summed E-state index contributed by atoms with van der Waals surface area (Å²) in [7, 11) is 0. The summed E-state index contributed by atoms with van der Waals surface area (Å²) >= 11 is 0. The molecule has 6 nitrogen and oxygen atoms in total. The van der Waals surface area contributed by atoms with Crippen LogP contribution in [-0.4, -0.2) is 36.0 Å². The standard InChI is InChI=1S/C15H26N2O4/c1-15(2,14(20)21)10-17-13(19)9-16-12(18)8-11-6-4-3-5-7-11/h11H,3-10H2,1-2H3,(H,16,18)(H,17,19)(H,20,21). The Labute approximate surface area is 125 Å². The molecule has 3 N–H and O–H groups in total. The van der Waals surface area contributed by atoms with Crippen LogP contribution in [0.2, 0.25) is 0 Å². The van der Waals surface area contributed by atoms with Gasteiger partial charge >= 0.3 is 5.97 Å². The van der Waals surface area contributed by atoms with Gasteiger partial charge in [0.2, 0.25) is 11.8 Å². The van der Waals surface area contributed by atoms with Crippen molar-refractivity contribution in [3.63, 3.8) is 0 Å². The molecule has 1 fully saturated rings. The molecule has 0 aromatic heterocycles. The molecule has 0 spiro atoms. The van der Waals surface area contributed by atoms with Gasteiger partial charge in [-0.1, -0.05) is 19.3 Å². The summed E-state index contributed by atoms with van der Waals surface area (Å²) in [6.45, 7) is 3.02. The topological polar surface area (TPSA) is 95.5 Å². The molecule has 0 atom stereocenters. The van der Waals surface area contributed by atoms with Crippen LogP contribution in [0.25, 0.3) is 0 Å².